The summed E-state index contributed by atoms with van der Waals surface area (Å²) in [5.41, 5.74) is -2.18. The average Bonchev–Trinajstić information content (AvgIpc) is 3.07. The van der Waals surface area contributed by atoms with Gasteiger partial charge in [-0.3, -0.25) is 0 Å². The van der Waals surface area contributed by atoms with Gasteiger partial charge in [0.2, 0.25) is 0 Å². The largest absolute Gasteiger partial charge is 0.485 e. The maximum atomic E-state index is 14.2. The van der Waals surface area contributed by atoms with E-state index in [4.69, 9.17) is 10.00 Å². The van der Waals surface area contributed by atoms with Crippen LogP contribution in [-0.4, -0.2) is 15.4 Å². The number of nitriles is 1. The fraction of sp³-hybridized carbons (Fsp3) is 0.118. The van der Waals surface area contributed by atoms with Crippen LogP contribution in [0.1, 0.15) is 16.8 Å². The first-order chi connectivity index (χ1) is 13.2. The number of rotatable bonds is 4. The molecule has 11 heteroatoms. The van der Waals surface area contributed by atoms with E-state index in [1.807, 2.05) is 0 Å². The molecule has 3 aromatic rings. The predicted molar refractivity (Wildman–Crippen MR) is 82.2 cm³/mol. The Bertz CT molecular complexity index is 1070. The van der Waals surface area contributed by atoms with Crippen molar-refractivity contribution in [3.05, 3.63) is 64.6 Å². The Morgan fingerprint density at radius 2 is 1.75 bits per heavy atom. The normalized spacial score (nSPS) is 11.3. The summed E-state index contributed by atoms with van der Waals surface area (Å²) in [7, 11) is 0. The lowest BCUT2D eigenvalue weighted by molar-refractivity contribution is -0.137. The number of alkyl halides is 3. The lowest BCUT2D eigenvalue weighted by Crippen LogP contribution is -2.08. The monoisotopic (exact) mass is 398 g/mol. The number of ether oxygens (including phenoxy) is 1. The second kappa shape index (κ2) is 7.22. The van der Waals surface area contributed by atoms with Gasteiger partial charge in [0.15, 0.2) is 17.3 Å². The van der Waals surface area contributed by atoms with Crippen molar-refractivity contribution in [1.82, 2.24) is 15.4 Å². The molecule has 0 atom stereocenters. The summed E-state index contributed by atoms with van der Waals surface area (Å²) in [6.07, 6.45) is -4.79. The van der Waals surface area contributed by atoms with E-state index in [1.54, 1.807) is 6.07 Å². The minimum Gasteiger partial charge on any atom is -0.485 e. The molecule has 0 bridgehead atoms. The van der Waals surface area contributed by atoms with Crippen LogP contribution in [-0.2, 0) is 12.8 Å². The molecule has 0 spiro atoms. The molecule has 0 aliphatic heterocycles. The highest BCUT2D eigenvalue weighted by Crippen LogP contribution is 2.35. The molecule has 0 fully saturated rings. The Hall–Kier alpha value is -3.55. The zero-order chi connectivity index (χ0) is 20.5. The van der Waals surface area contributed by atoms with Gasteiger partial charge in [-0.2, -0.15) is 18.4 Å². The highest BCUT2D eigenvalue weighted by atomic mass is 19.4. The van der Waals surface area contributed by atoms with Crippen molar-refractivity contribution >= 4 is 0 Å². The standard InChI is InChI=1S/C17H8F6N4O/c18-10-2-8(1-9(3-10)17(21,22)23)7-28-16-12(4-11(19)5-13(16)20)15-14(6-24)25-27-26-15/h1-5H,7H2,(H,25,26,27). The summed E-state index contributed by atoms with van der Waals surface area (Å²) in [5.74, 6) is -3.92. The van der Waals surface area contributed by atoms with Crippen LogP contribution in [0.25, 0.3) is 11.3 Å². The smallest absolute Gasteiger partial charge is 0.416 e. The minimum atomic E-state index is -4.79. The van der Waals surface area contributed by atoms with E-state index in [0.717, 1.165) is 12.1 Å². The van der Waals surface area contributed by atoms with Crippen molar-refractivity contribution in [2.45, 2.75) is 12.8 Å². The first-order valence-corrected chi connectivity index (χ1v) is 7.49. The van der Waals surface area contributed by atoms with Gasteiger partial charge in [0.25, 0.3) is 0 Å². The lowest BCUT2D eigenvalue weighted by atomic mass is 10.1. The van der Waals surface area contributed by atoms with Crippen LogP contribution in [0.5, 0.6) is 5.75 Å². The highest BCUT2D eigenvalue weighted by Gasteiger charge is 2.31. The van der Waals surface area contributed by atoms with Crippen molar-refractivity contribution in [1.29, 1.82) is 5.26 Å². The summed E-state index contributed by atoms with van der Waals surface area (Å²) in [6, 6.07) is 4.73. The van der Waals surface area contributed by atoms with E-state index < -0.39 is 41.5 Å². The predicted octanol–water partition coefficient (Wildman–Crippen LogP) is 4.36. The number of hydrogen-bond donors (Lipinski definition) is 1. The number of H-pyrrole nitrogens is 1. The van der Waals surface area contributed by atoms with Crippen LogP contribution in [0.2, 0.25) is 0 Å². The SMILES string of the molecule is N#Cc1[nH]nnc1-c1cc(F)cc(F)c1OCc1cc(F)cc(C(F)(F)F)c1. The van der Waals surface area contributed by atoms with Crippen LogP contribution >= 0.6 is 0 Å². The molecule has 3 rings (SSSR count). The van der Waals surface area contributed by atoms with E-state index in [1.165, 1.54) is 0 Å². The molecular formula is C17H8F6N4O. The number of benzene rings is 2. The van der Waals surface area contributed by atoms with Crippen molar-refractivity contribution < 1.29 is 31.1 Å². The molecule has 2 aromatic carbocycles. The first-order valence-electron chi connectivity index (χ1n) is 7.49. The van der Waals surface area contributed by atoms with Gasteiger partial charge < -0.3 is 4.74 Å². The fourth-order valence-electron chi connectivity index (χ4n) is 2.43. The molecule has 1 heterocycles. The minimum absolute atomic E-state index is 0.208. The number of hydrogen-bond acceptors (Lipinski definition) is 4. The van der Waals surface area contributed by atoms with Crippen molar-refractivity contribution in [2.24, 2.45) is 0 Å². The van der Waals surface area contributed by atoms with Crippen molar-refractivity contribution in [2.75, 3.05) is 0 Å². The molecule has 0 unspecified atom stereocenters. The molecule has 1 N–H and O–H groups in total. The van der Waals surface area contributed by atoms with Crippen LogP contribution in [0.4, 0.5) is 26.3 Å². The highest BCUT2D eigenvalue weighted by molar-refractivity contribution is 5.71. The second-order valence-electron chi connectivity index (χ2n) is 5.55. The maximum Gasteiger partial charge on any atom is 0.416 e. The number of nitrogens with zero attached hydrogens (tertiary/aromatic N) is 3. The van der Waals surface area contributed by atoms with Crippen LogP contribution in [0.3, 0.4) is 0 Å². The zero-order valence-electron chi connectivity index (χ0n) is 13.6. The van der Waals surface area contributed by atoms with E-state index in [0.29, 0.717) is 18.2 Å². The Morgan fingerprint density at radius 1 is 1.04 bits per heavy atom. The number of aromatic amines is 1. The van der Waals surface area contributed by atoms with Gasteiger partial charge in [-0.1, -0.05) is 5.21 Å². The van der Waals surface area contributed by atoms with E-state index in [-0.39, 0.29) is 22.5 Å². The quantitative estimate of drug-likeness (QED) is 0.663. The van der Waals surface area contributed by atoms with Crippen molar-refractivity contribution in [3.63, 3.8) is 0 Å². The van der Waals surface area contributed by atoms with Crippen molar-refractivity contribution in [3.8, 4) is 23.1 Å². The Labute approximate surface area is 153 Å². The summed E-state index contributed by atoms with van der Waals surface area (Å²) >= 11 is 0. The molecular weight excluding hydrogens is 390 g/mol. The summed E-state index contributed by atoms with van der Waals surface area (Å²) < 4.78 is 84.9. The second-order valence-corrected chi connectivity index (χ2v) is 5.55. The van der Waals surface area contributed by atoms with Gasteiger partial charge in [-0.15, -0.1) is 5.10 Å². The van der Waals surface area contributed by atoms with Gasteiger partial charge in [0, 0.05) is 6.07 Å². The maximum absolute atomic E-state index is 14.2. The summed E-state index contributed by atoms with van der Waals surface area (Å²) in [6.45, 7) is -0.657. The molecule has 1 aromatic heterocycles. The van der Waals surface area contributed by atoms with Gasteiger partial charge in [0.1, 0.15) is 30.0 Å². The number of halogens is 6. The van der Waals surface area contributed by atoms with E-state index >= 15 is 0 Å². The first kappa shape index (κ1) is 19.2. The molecule has 144 valence electrons. The molecule has 0 radical (unpaired) electrons. The third kappa shape index (κ3) is 3.90. The zero-order valence-corrected chi connectivity index (χ0v) is 13.6. The van der Waals surface area contributed by atoms with Crippen LogP contribution in [0.15, 0.2) is 30.3 Å². The van der Waals surface area contributed by atoms with Gasteiger partial charge in [0.05, 0.1) is 11.1 Å². The Kier molecular flexibility index (Phi) is 4.96. The lowest BCUT2D eigenvalue weighted by Gasteiger charge is -2.13. The number of aromatic nitrogens is 3. The van der Waals surface area contributed by atoms with Gasteiger partial charge in [-0.05, 0) is 29.8 Å². The van der Waals surface area contributed by atoms with E-state index in [2.05, 4.69) is 15.4 Å². The topological polar surface area (TPSA) is 74.6 Å². The molecule has 0 amide bonds. The molecule has 0 aliphatic carbocycles. The van der Waals surface area contributed by atoms with Gasteiger partial charge >= 0.3 is 6.18 Å². The molecule has 28 heavy (non-hydrogen) atoms. The molecule has 0 saturated carbocycles. The molecule has 0 aliphatic rings. The third-order valence-electron chi connectivity index (χ3n) is 3.59. The Morgan fingerprint density at radius 3 is 2.43 bits per heavy atom. The molecule has 5 nitrogen and oxygen atoms in total. The summed E-state index contributed by atoms with van der Waals surface area (Å²) in [5, 5.41) is 18.2. The fourth-order valence-corrected chi connectivity index (χ4v) is 2.43. The summed E-state index contributed by atoms with van der Waals surface area (Å²) in [4.78, 5) is 0. The third-order valence-corrected chi connectivity index (χ3v) is 3.59. The number of nitrogens with one attached hydrogen (secondary N) is 1. The van der Waals surface area contributed by atoms with Crippen LogP contribution < -0.4 is 4.74 Å². The Balaban J connectivity index is 1.98. The van der Waals surface area contributed by atoms with Gasteiger partial charge in [-0.25, -0.2) is 18.3 Å². The van der Waals surface area contributed by atoms with Crippen LogP contribution in [0, 0.1) is 28.8 Å². The average molecular weight is 398 g/mol. The molecule has 0 saturated heterocycles. The van der Waals surface area contributed by atoms with E-state index in [9.17, 15) is 26.3 Å².